The summed E-state index contributed by atoms with van der Waals surface area (Å²) in [5.41, 5.74) is 1.99. The summed E-state index contributed by atoms with van der Waals surface area (Å²) < 4.78 is 29.2. The number of sulfonamides is 1. The minimum Gasteiger partial charge on any atom is -0.354 e. The lowest BCUT2D eigenvalue weighted by Gasteiger charge is -2.19. The van der Waals surface area contributed by atoms with Gasteiger partial charge in [0.2, 0.25) is 15.9 Å². The second kappa shape index (κ2) is 10.7. The molecule has 30 heavy (non-hydrogen) atoms. The van der Waals surface area contributed by atoms with Gasteiger partial charge < -0.3 is 5.32 Å². The van der Waals surface area contributed by atoms with Gasteiger partial charge in [-0.05, 0) is 70.8 Å². The van der Waals surface area contributed by atoms with E-state index in [-0.39, 0.29) is 17.2 Å². The fraction of sp³-hybridized carbons (Fsp3) is 0.174. The average Bonchev–Trinajstić information content (AvgIpc) is 2.75. The van der Waals surface area contributed by atoms with Gasteiger partial charge in [-0.2, -0.15) is 4.72 Å². The summed E-state index contributed by atoms with van der Waals surface area (Å²) in [5.74, 6) is -0.344. The van der Waals surface area contributed by atoms with Crippen LogP contribution in [0, 0.1) is 3.57 Å². The molecule has 3 rings (SSSR count). The van der Waals surface area contributed by atoms with Crippen LogP contribution in [-0.2, 0) is 27.7 Å². The van der Waals surface area contributed by atoms with Crippen LogP contribution in [0.1, 0.15) is 11.1 Å². The Morgan fingerprint density at radius 2 is 1.40 bits per heavy atom. The van der Waals surface area contributed by atoms with E-state index in [2.05, 4.69) is 32.6 Å². The van der Waals surface area contributed by atoms with Crippen LogP contribution in [0.15, 0.2) is 89.8 Å². The number of carbonyl (C=O) groups excluding carboxylic acids is 1. The second-order valence-electron chi connectivity index (χ2n) is 6.84. The standard InChI is InChI=1S/C23H23IN2O3S/c24-20-11-13-21(14-12-20)30(28,29)26-22(17-19-9-5-2-6-10-19)23(27)25-16-15-18-7-3-1-4-8-18/h1-14,22,26H,15-17H2,(H,25,27)/t22-/m0/s1. The molecule has 156 valence electrons. The first-order chi connectivity index (χ1) is 14.4. The molecule has 3 aromatic carbocycles. The first kappa shape index (κ1) is 22.5. The Kier molecular flexibility index (Phi) is 8.01. The number of carbonyl (C=O) groups is 1. The molecule has 0 aliphatic heterocycles. The lowest BCUT2D eigenvalue weighted by atomic mass is 10.1. The predicted octanol–water partition coefficient (Wildman–Crippen LogP) is 3.54. The van der Waals surface area contributed by atoms with Crippen LogP contribution in [0.4, 0.5) is 0 Å². The third kappa shape index (κ3) is 6.65. The Hall–Kier alpha value is -2.23. The molecule has 0 aromatic heterocycles. The zero-order valence-electron chi connectivity index (χ0n) is 16.3. The molecule has 2 N–H and O–H groups in total. The van der Waals surface area contributed by atoms with E-state index >= 15 is 0 Å². The Balaban J connectivity index is 1.72. The monoisotopic (exact) mass is 534 g/mol. The topological polar surface area (TPSA) is 75.3 Å². The van der Waals surface area contributed by atoms with Gasteiger partial charge in [0, 0.05) is 10.1 Å². The fourth-order valence-electron chi connectivity index (χ4n) is 3.00. The number of nitrogens with one attached hydrogen (secondary N) is 2. The summed E-state index contributed by atoms with van der Waals surface area (Å²) >= 11 is 2.12. The van der Waals surface area contributed by atoms with Gasteiger partial charge >= 0.3 is 0 Å². The summed E-state index contributed by atoms with van der Waals surface area (Å²) in [6.45, 7) is 0.430. The fourth-order valence-corrected chi connectivity index (χ4v) is 4.56. The second-order valence-corrected chi connectivity index (χ2v) is 9.80. The normalized spacial score (nSPS) is 12.3. The van der Waals surface area contributed by atoms with Gasteiger partial charge in [0.1, 0.15) is 6.04 Å². The first-order valence-corrected chi connectivity index (χ1v) is 12.1. The van der Waals surface area contributed by atoms with E-state index in [0.717, 1.165) is 14.7 Å². The molecule has 0 aliphatic carbocycles. The van der Waals surface area contributed by atoms with Crippen LogP contribution in [0.2, 0.25) is 0 Å². The SMILES string of the molecule is O=C(NCCc1ccccc1)[C@H](Cc1ccccc1)NS(=O)(=O)c1ccc(I)cc1. The summed E-state index contributed by atoms with van der Waals surface area (Å²) in [6.07, 6.45) is 0.941. The molecule has 0 heterocycles. The summed E-state index contributed by atoms with van der Waals surface area (Å²) in [6, 6.07) is 24.8. The first-order valence-electron chi connectivity index (χ1n) is 9.57. The Morgan fingerprint density at radius 1 is 0.833 bits per heavy atom. The molecule has 0 saturated heterocycles. The Bertz CT molecular complexity index is 1060. The molecule has 3 aromatic rings. The van der Waals surface area contributed by atoms with Crippen molar-refractivity contribution >= 4 is 38.5 Å². The molecule has 7 heteroatoms. The number of amides is 1. The maximum Gasteiger partial charge on any atom is 0.241 e. The lowest BCUT2D eigenvalue weighted by molar-refractivity contribution is -0.122. The quantitative estimate of drug-likeness (QED) is 0.413. The molecule has 1 atom stereocenters. The Labute approximate surface area is 191 Å². The summed E-state index contributed by atoms with van der Waals surface area (Å²) in [7, 11) is -3.83. The number of hydrogen-bond donors (Lipinski definition) is 2. The van der Waals surface area contributed by atoms with Crippen LogP contribution in [0.5, 0.6) is 0 Å². The molecule has 1 amide bonds. The van der Waals surface area contributed by atoms with Crippen molar-refractivity contribution in [1.29, 1.82) is 0 Å². The maximum atomic E-state index is 12.9. The molecule has 0 bridgehead atoms. The minimum atomic E-state index is -3.83. The van der Waals surface area contributed by atoms with Crippen LogP contribution in [-0.4, -0.2) is 26.9 Å². The van der Waals surface area contributed by atoms with Crippen LogP contribution in [0.3, 0.4) is 0 Å². The molecule has 0 spiro atoms. The highest BCUT2D eigenvalue weighted by molar-refractivity contribution is 14.1. The predicted molar refractivity (Wildman–Crippen MR) is 127 cm³/mol. The van der Waals surface area contributed by atoms with E-state index in [1.54, 1.807) is 12.1 Å². The lowest BCUT2D eigenvalue weighted by Crippen LogP contribution is -2.48. The largest absolute Gasteiger partial charge is 0.354 e. The van der Waals surface area contributed by atoms with Gasteiger partial charge in [0.05, 0.1) is 4.90 Å². The van der Waals surface area contributed by atoms with Gasteiger partial charge in [-0.1, -0.05) is 60.7 Å². The molecule has 5 nitrogen and oxygen atoms in total. The van der Waals surface area contributed by atoms with E-state index in [1.807, 2.05) is 60.7 Å². The molecular formula is C23H23IN2O3S. The van der Waals surface area contributed by atoms with E-state index < -0.39 is 16.1 Å². The maximum absolute atomic E-state index is 12.9. The average molecular weight is 534 g/mol. The summed E-state index contributed by atoms with van der Waals surface area (Å²) in [4.78, 5) is 13.0. The third-order valence-corrected chi connectivity index (χ3v) is 6.78. The van der Waals surface area contributed by atoms with E-state index in [9.17, 15) is 13.2 Å². The van der Waals surface area contributed by atoms with Crippen LogP contribution >= 0.6 is 22.6 Å². The van der Waals surface area contributed by atoms with Crippen molar-refractivity contribution in [3.8, 4) is 0 Å². The molecule has 0 fully saturated rings. The minimum absolute atomic E-state index is 0.137. The van der Waals surface area contributed by atoms with Gasteiger partial charge in [0.15, 0.2) is 0 Å². The number of halogens is 1. The highest BCUT2D eigenvalue weighted by Gasteiger charge is 2.26. The van der Waals surface area contributed by atoms with Crippen molar-refractivity contribution in [1.82, 2.24) is 10.0 Å². The van der Waals surface area contributed by atoms with Gasteiger partial charge in [0.25, 0.3) is 0 Å². The van der Waals surface area contributed by atoms with Crippen LogP contribution in [0.25, 0.3) is 0 Å². The molecule has 0 saturated carbocycles. The van der Waals surface area contributed by atoms with Crippen molar-refractivity contribution in [2.75, 3.05) is 6.54 Å². The van der Waals surface area contributed by atoms with Gasteiger partial charge in [-0.25, -0.2) is 8.42 Å². The molecule has 0 unspecified atom stereocenters. The zero-order chi connectivity index (χ0) is 21.4. The van der Waals surface area contributed by atoms with Crippen molar-refractivity contribution < 1.29 is 13.2 Å². The number of hydrogen-bond acceptors (Lipinski definition) is 3. The van der Waals surface area contributed by atoms with E-state index in [4.69, 9.17) is 0 Å². The smallest absolute Gasteiger partial charge is 0.241 e. The highest BCUT2D eigenvalue weighted by atomic mass is 127. The Morgan fingerprint density at radius 3 is 2.00 bits per heavy atom. The van der Waals surface area contributed by atoms with Crippen molar-refractivity contribution in [3.05, 3.63) is 99.6 Å². The van der Waals surface area contributed by atoms with Crippen LogP contribution < -0.4 is 10.0 Å². The van der Waals surface area contributed by atoms with E-state index in [0.29, 0.717) is 13.0 Å². The zero-order valence-corrected chi connectivity index (χ0v) is 19.3. The van der Waals surface area contributed by atoms with Crippen molar-refractivity contribution in [3.63, 3.8) is 0 Å². The van der Waals surface area contributed by atoms with E-state index in [1.165, 1.54) is 12.1 Å². The molecule has 0 radical (unpaired) electrons. The van der Waals surface area contributed by atoms with Crippen molar-refractivity contribution in [2.24, 2.45) is 0 Å². The highest BCUT2D eigenvalue weighted by Crippen LogP contribution is 2.14. The number of benzene rings is 3. The molecular weight excluding hydrogens is 511 g/mol. The van der Waals surface area contributed by atoms with Gasteiger partial charge in [-0.3, -0.25) is 4.79 Å². The third-order valence-electron chi connectivity index (χ3n) is 4.58. The van der Waals surface area contributed by atoms with Gasteiger partial charge in [-0.15, -0.1) is 0 Å². The number of rotatable bonds is 9. The molecule has 0 aliphatic rings. The van der Waals surface area contributed by atoms with Crippen molar-refractivity contribution in [2.45, 2.75) is 23.8 Å². The summed E-state index contributed by atoms with van der Waals surface area (Å²) in [5, 5.41) is 2.87.